The Morgan fingerprint density at radius 3 is 2.65 bits per heavy atom. The number of thioether (sulfide) groups is 2. The molecule has 1 fully saturated rings. The average Bonchev–Trinajstić information content (AvgIpc) is 2.93. The minimum Gasteiger partial charge on any atom is -0.477 e. The van der Waals surface area contributed by atoms with Crippen molar-refractivity contribution in [3.63, 3.8) is 0 Å². The molecule has 0 bridgehead atoms. The molecule has 2 N–H and O–H groups in total. The number of aliphatic hydroxyl groups excluding tert-OH is 1. The summed E-state index contributed by atoms with van der Waals surface area (Å²) in [6.07, 6.45) is -0.802. The Labute approximate surface area is 165 Å². The van der Waals surface area contributed by atoms with Crippen molar-refractivity contribution in [1.82, 2.24) is 4.90 Å². The fourth-order valence-corrected chi connectivity index (χ4v) is 5.75. The topological polar surface area (TPSA) is 81.1 Å². The highest BCUT2D eigenvalue weighted by molar-refractivity contribution is 8.24. The van der Waals surface area contributed by atoms with Crippen LogP contribution in [0.25, 0.3) is 0 Å². The molecule has 1 saturated heterocycles. The molecular formula is C17H18N2O4S3. The lowest BCUT2D eigenvalue weighted by molar-refractivity contribution is -0.156. The van der Waals surface area contributed by atoms with Crippen molar-refractivity contribution in [2.24, 2.45) is 5.92 Å². The van der Waals surface area contributed by atoms with Crippen molar-refractivity contribution >= 4 is 57.6 Å². The minimum atomic E-state index is -1.13. The molecule has 0 saturated carbocycles. The first kappa shape index (κ1) is 19.2. The highest BCUT2D eigenvalue weighted by Gasteiger charge is 2.57. The van der Waals surface area contributed by atoms with Crippen molar-refractivity contribution in [2.75, 3.05) is 17.7 Å². The van der Waals surface area contributed by atoms with Gasteiger partial charge in [0.15, 0.2) is 0 Å². The molecule has 2 heterocycles. The predicted octanol–water partition coefficient (Wildman–Crippen LogP) is 2.35. The number of thiocarbonyl (C=S) groups is 1. The van der Waals surface area contributed by atoms with Crippen LogP contribution in [0.5, 0.6) is 0 Å². The zero-order valence-electron chi connectivity index (χ0n) is 14.2. The second-order valence-corrected chi connectivity index (χ2v) is 8.83. The Bertz CT molecular complexity index is 781. The normalized spacial score (nSPS) is 22.7. The van der Waals surface area contributed by atoms with Gasteiger partial charge in [-0.2, -0.15) is 0 Å². The lowest BCUT2D eigenvalue weighted by atomic mass is 9.92. The van der Waals surface area contributed by atoms with Crippen LogP contribution in [-0.4, -0.2) is 55.6 Å². The number of aliphatic hydroxyl groups is 1. The van der Waals surface area contributed by atoms with Gasteiger partial charge >= 0.3 is 5.97 Å². The molecule has 9 heteroatoms. The van der Waals surface area contributed by atoms with Crippen LogP contribution < -0.4 is 4.90 Å². The van der Waals surface area contributed by atoms with E-state index in [1.54, 1.807) is 6.92 Å². The highest BCUT2D eigenvalue weighted by atomic mass is 32.2. The number of hydrogen-bond donors (Lipinski definition) is 2. The van der Waals surface area contributed by atoms with Gasteiger partial charge in [0, 0.05) is 23.4 Å². The van der Waals surface area contributed by atoms with Crippen LogP contribution in [0.2, 0.25) is 0 Å². The Balaban J connectivity index is 1.70. The van der Waals surface area contributed by atoms with E-state index in [1.165, 1.54) is 28.4 Å². The fraction of sp³-hybridized carbons (Fsp3) is 0.353. The van der Waals surface area contributed by atoms with E-state index in [-0.39, 0.29) is 17.0 Å². The molecule has 1 aromatic rings. The van der Waals surface area contributed by atoms with Crippen LogP contribution in [0.4, 0.5) is 5.69 Å². The van der Waals surface area contributed by atoms with E-state index >= 15 is 0 Å². The first-order chi connectivity index (χ1) is 12.3. The molecule has 1 aromatic carbocycles. The molecule has 2 aliphatic heterocycles. The summed E-state index contributed by atoms with van der Waals surface area (Å²) in [5, 5.41) is 18.9. The average molecular weight is 411 g/mol. The van der Waals surface area contributed by atoms with Crippen molar-refractivity contribution < 1.29 is 19.8 Å². The van der Waals surface area contributed by atoms with Crippen LogP contribution >= 0.6 is 35.7 Å². The summed E-state index contributed by atoms with van der Waals surface area (Å²) in [6.45, 7) is 1.55. The summed E-state index contributed by atoms with van der Waals surface area (Å²) >= 11 is 8.14. The summed E-state index contributed by atoms with van der Waals surface area (Å²) in [5.74, 6) is -1.65. The lowest BCUT2D eigenvalue weighted by Gasteiger charge is -2.43. The van der Waals surface area contributed by atoms with Crippen molar-refractivity contribution in [3.8, 4) is 0 Å². The summed E-state index contributed by atoms with van der Waals surface area (Å²) in [7, 11) is 1.86. The van der Waals surface area contributed by atoms with Crippen molar-refractivity contribution in [2.45, 2.75) is 18.4 Å². The number of carboxylic acid groups (broad SMARTS) is 1. The van der Waals surface area contributed by atoms with E-state index in [1.807, 2.05) is 42.3 Å². The minimum absolute atomic E-state index is 0.0135. The van der Waals surface area contributed by atoms with E-state index in [4.69, 9.17) is 12.2 Å². The van der Waals surface area contributed by atoms with E-state index < -0.39 is 18.0 Å². The number of para-hydroxylation sites is 1. The van der Waals surface area contributed by atoms with Gasteiger partial charge in [-0.1, -0.05) is 42.2 Å². The first-order valence-corrected chi connectivity index (χ1v) is 10.2. The van der Waals surface area contributed by atoms with Crippen LogP contribution in [0.3, 0.4) is 0 Å². The molecule has 2 aliphatic rings. The molecule has 1 amide bonds. The number of amides is 1. The molecular weight excluding hydrogens is 392 g/mol. The number of carboxylic acids is 1. The number of aliphatic carboxylic acids is 1. The monoisotopic (exact) mass is 410 g/mol. The molecule has 0 spiro atoms. The third-order valence-electron chi connectivity index (χ3n) is 4.32. The number of fused-ring (bicyclic) bond motifs is 1. The van der Waals surface area contributed by atoms with E-state index in [0.29, 0.717) is 15.0 Å². The number of anilines is 1. The second-order valence-electron chi connectivity index (χ2n) is 6.01. The van der Waals surface area contributed by atoms with Gasteiger partial charge in [0.05, 0.1) is 12.0 Å². The predicted molar refractivity (Wildman–Crippen MR) is 108 cm³/mol. The lowest BCUT2D eigenvalue weighted by Crippen LogP contribution is -2.60. The van der Waals surface area contributed by atoms with Crippen molar-refractivity contribution in [3.05, 3.63) is 40.9 Å². The third kappa shape index (κ3) is 3.36. The first-order valence-electron chi connectivity index (χ1n) is 7.92. The maximum absolute atomic E-state index is 12.2. The molecule has 0 radical (unpaired) electrons. The number of carbonyl (C=O) groups is 2. The summed E-state index contributed by atoms with van der Waals surface area (Å²) < 4.78 is 0.613. The number of rotatable bonds is 5. The molecule has 138 valence electrons. The molecule has 0 aliphatic carbocycles. The molecule has 3 atom stereocenters. The van der Waals surface area contributed by atoms with Crippen LogP contribution in [-0.2, 0) is 9.59 Å². The van der Waals surface area contributed by atoms with Gasteiger partial charge in [-0.25, -0.2) is 4.79 Å². The van der Waals surface area contributed by atoms with Gasteiger partial charge in [0.25, 0.3) is 0 Å². The number of β-lactam (4-membered cyclic amide) rings is 1. The molecule has 0 unspecified atom stereocenters. The number of nitrogens with zero attached hydrogens (tertiary/aromatic N) is 2. The number of carbonyl (C=O) groups excluding carboxylic acids is 1. The maximum atomic E-state index is 12.2. The molecule has 3 rings (SSSR count). The Morgan fingerprint density at radius 2 is 2.08 bits per heavy atom. The van der Waals surface area contributed by atoms with Crippen molar-refractivity contribution in [1.29, 1.82) is 0 Å². The highest BCUT2D eigenvalue weighted by Crippen LogP contribution is 2.51. The summed E-state index contributed by atoms with van der Waals surface area (Å²) in [5.41, 5.74) is 0.962. The smallest absolute Gasteiger partial charge is 0.353 e. The van der Waals surface area contributed by atoms with Gasteiger partial charge in [-0.05, 0) is 19.1 Å². The largest absolute Gasteiger partial charge is 0.477 e. The zero-order valence-corrected chi connectivity index (χ0v) is 16.6. The summed E-state index contributed by atoms with van der Waals surface area (Å²) in [6, 6.07) is 9.65. The molecule has 26 heavy (non-hydrogen) atoms. The van der Waals surface area contributed by atoms with Gasteiger partial charge in [-0.3, -0.25) is 9.69 Å². The molecule has 0 aromatic heterocycles. The van der Waals surface area contributed by atoms with Crippen LogP contribution in [0.15, 0.2) is 40.9 Å². The van der Waals surface area contributed by atoms with Gasteiger partial charge in [0.1, 0.15) is 15.4 Å². The van der Waals surface area contributed by atoms with Gasteiger partial charge < -0.3 is 15.1 Å². The number of hydrogen-bond acceptors (Lipinski definition) is 6. The summed E-state index contributed by atoms with van der Waals surface area (Å²) in [4.78, 5) is 27.6. The second kappa shape index (κ2) is 7.59. The van der Waals surface area contributed by atoms with Gasteiger partial charge in [0.2, 0.25) is 5.91 Å². The van der Waals surface area contributed by atoms with E-state index in [9.17, 15) is 19.8 Å². The SMILES string of the molecule is C[C@@H](O)[C@H]1C(=O)N2C(C(=O)O)=C(CSC(=S)N(C)c3ccccc3)S[C@H]12. The quantitative estimate of drug-likeness (QED) is 0.566. The zero-order chi connectivity index (χ0) is 19.0. The Morgan fingerprint density at radius 1 is 1.42 bits per heavy atom. The maximum Gasteiger partial charge on any atom is 0.353 e. The van der Waals surface area contributed by atoms with E-state index in [2.05, 4.69) is 0 Å². The third-order valence-corrected chi connectivity index (χ3v) is 7.45. The Kier molecular flexibility index (Phi) is 5.61. The molecule has 6 nitrogen and oxygen atoms in total. The van der Waals surface area contributed by atoms with Crippen LogP contribution in [0, 0.1) is 5.92 Å². The standard InChI is InChI=1S/C17H18N2O4S3/c1-9(20)12-14(21)19-13(16(22)23)11(26-15(12)19)8-25-17(24)18(2)10-6-4-3-5-7-10/h3-7,9,12,15,20H,8H2,1-2H3,(H,22,23)/t9-,12+,15-/m1/s1. The van der Waals surface area contributed by atoms with E-state index in [0.717, 1.165) is 5.69 Å². The van der Waals surface area contributed by atoms with Gasteiger partial charge in [-0.15, -0.1) is 11.8 Å². The van der Waals surface area contributed by atoms with Crippen LogP contribution in [0.1, 0.15) is 6.92 Å². The number of benzene rings is 1. The fourth-order valence-electron chi connectivity index (χ4n) is 2.94. The Hall–Kier alpha value is -1.55.